The quantitative estimate of drug-likeness (QED) is 0.922. The number of rotatable bonds is 5. The summed E-state index contributed by atoms with van der Waals surface area (Å²) >= 11 is 1.63. The van der Waals surface area contributed by atoms with Crippen LogP contribution in [0.3, 0.4) is 0 Å². The fourth-order valence-electron chi connectivity index (χ4n) is 2.44. The third kappa shape index (κ3) is 3.77. The summed E-state index contributed by atoms with van der Waals surface area (Å²) in [6.45, 7) is 0.861. The average Bonchev–Trinajstić information content (AvgIpc) is 2.92. The molecule has 0 aromatic carbocycles. The average molecular weight is 305 g/mol. The summed E-state index contributed by atoms with van der Waals surface area (Å²) in [5.74, 6) is 1.35. The Morgan fingerprint density at radius 3 is 3.29 bits per heavy atom. The molecule has 6 heteroatoms. The van der Waals surface area contributed by atoms with E-state index in [1.165, 1.54) is 6.42 Å². The Hall–Kier alpha value is -1.53. The molecule has 1 aliphatic rings. The zero-order valence-electron chi connectivity index (χ0n) is 11.8. The molecule has 3 rings (SSSR count). The Kier molecular flexibility index (Phi) is 4.77. The van der Waals surface area contributed by atoms with Gasteiger partial charge in [0.15, 0.2) is 0 Å². The molecule has 0 aliphatic carbocycles. The van der Waals surface area contributed by atoms with Crippen molar-refractivity contribution in [3.05, 3.63) is 30.6 Å². The largest absolute Gasteiger partial charge is 0.377 e. The molecule has 0 saturated carbocycles. The molecule has 1 N–H and O–H groups in total. The summed E-state index contributed by atoms with van der Waals surface area (Å²) in [5.41, 5.74) is 1.67. The third-order valence-electron chi connectivity index (χ3n) is 3.51. The van der Waals surface area contributed by atoms with Gasteiger partial charge in [-0.05, 0) is 31.4 Å². The molecule has 0 bridgehead atoms. The van der Waals surface area contributed by atoms with Gasteiger partial charge in [0.05, 0.1) is 29.3 Å². The zero-order valence-corrected chi connectivity index (χ0v) is 12.6. The highest BCUT2D eigenvalue weighted by Gasteiger charge is 2.14. The van der Waals surface area contributed by atoms with E-state index in [1.54, 1.807) is 22.5 Å². The Morgan fingerprint density at radius 2 is 2.43 bits per heavy atom. The lowest BCUT2D eigenvalue weighted by atomic mass is 10.1. The van der Waals surface area contributed by atoms with Gasteiger partial charge < -0.3 is 10.1 Å². The maximum absolute atomic E-state index is 12.0. The monoisotopic (exact) mass is 305 g/mol. The Balaban J connectivity index is 1.47. The lowest BCUT2D eigenvalue weighted by Crippen LogP contribution is -2.22. The molecule has 1 aliphatic heterocycles. The molecular weight excluding hydrogens is 286 g/mol. The maximum Gasteiger partial charge on any atom is 0.234 e. The first kappa shape index (κ1) is 14.4. The highest BCUT2D eigenvalue weighted by molar-refractivity contribution is 8.00. The van der Waals surface area contributed by atoms with Crippen LogP contribution in [0.5, 0.6) is 0 Å². The van der Waals surface area contributed by atoms with E-state index >= 15 is 0 Å². The van der Waals surface area contributed by atoms with Crippen molar-refractivity contribution in [2.24, 2.45) is 0 Å². The fraction of sp³-hybridized carbons (Fsp3) is 0.467. The van der Waals surface area contributed by atoms with Crippen LogP contribution in [-0.4, -0.2) is 39.7 Å². The van der Waals surface area contributed by atoms with Crippen LogP contribution in [0.15, 0.2) is 30.6 Å². The molecule has 1 amide bonds. The molecule has 5 nitrogen and oxygen atoms in total. The van der Waals surface area contributed by atoms with Crippen LogP contribution >= 0.6 is 11.8 Å². The summed E-state index contributed by atoms with van der Waals surface area (Å²) in [6.07, 6.45) is 7.37. The molecule has 21 heavy (non-hydrogen) atoms. The van der Waals surface area contributed by atoms with Crippen LogP contribution < -0.4 is 5.32 Å². The van der Waals surface area contributed by atoms with Crippen molar-refractivity contribution >= 4 is 28.9 Å². The first-order chi connectivity index (χ1) is 10.3. The van der Waals surface area contributed by atoms with Gasteiger partial charge in [0.2, 0.25) is 5.91 Å². The topological polar surface area (TPSA) is 55.6 Å². The summed E-state index contributed by atoms with van der Waals surface area (Å²) in [4.78, 5) is 12.0. The number of fused-ring (bicyclic) bond motifs is 1. The predicted octanol–water partition coefficient (Wildman–Crippen LogP) is 2.58. The third-order valence-corrected chi connectivity index (χ3v) is 4.59. The minimum atomic E-state index is 0.00885. The zero-order chi connectivity index (χ0) is 14.5. The van der Waals surface area contributed by atoms with E-state index in [-0.39, 0.29) is 5.91 Å². The van der Waals surface area contributed by atoms with E-state index in [4.69, 9.17) is 4.74 Å². The number of aromatic nitrogens is 2. The van der Waals surface area contributed by atoms with Gasteiger partial charge in [-0.3, -0.25) is 4.79 Å². The predicted molar refractivity (Wildman–Crippen MR) is 84.7 cm³/mol. The van der Waals surface area contributed by atoms with E-state index in [0.717, 1.165) is 36.4 Å². The molecule has 1 unspecified atom stereocenters. The minimum Gasteiger partial charge on any atom is -0.377 e. The smallest absolute Gasteiger partial charge is 0.234 e. The molecular formula is C15H19N3O2S. The molecule has 112 valence electrons. The number of nitrogens with zero attached hydrogens (tertiary/aromatic N) is 2. The molecule has 1 atom stereocenters. The number of hydrogen-bond donors (Lipinski definition) is 1. The van der Waals surface area contributed by atoms with Crippen molar-refractivity contribution in [3.8, 4) is 0 Å². The van der Waals surface area contributed by atoms with Gasteiger partial charge in [0.1, 0.15) is 0 Å². The van der Waals surface area contributed by atoms with Gasteiger partial charge in [-0.2, -0.15) is 5.10 Å². The summed E-state index contributed by atoms with van der Waals surface area (Å²) < 4.78 is 7.41. The second-order valence-electron chi connectivity index (χ2n) is 5.14. The van der Waals surface area contributed by atoms with E-state index in [9.17, 15) is 4.79 Å². The Morgan fingerprint density at radius 1 is 1.48 bits per heavy atom. The number of carbonyl (C=O) groups is 1. The first-order valence-corrected chi connectivity index (χ1v) is 8.40. The molecule has 0 spiro atoms. The van der Waals surface area contributed by atoms with Crippen molar-refractivity contribution in [2.45, 2.75) is 25.4 Å². The van der Waals surface area contributed by atoms with Crippen molar-refractivity contribution in [1.29, 1.82) is 0 Å². The summed E-state index contributed by atoms with van der Waals surface area (Å²) in [7, 11) is 0. The number of hydrogen-bond acceptors (Lipinski definition) is 4. The fourth-order valence-corrected chi connectivity index (χ4v) is 3.34. The second kappa shape index (κ2) is 6.95. The SMILES string of the molecule is O=C(CSCC1CCCCO1)Nc1cnn2ccccc12. The van der Waals surface area contributed by atoms with Crippen molar-refractivity contribution in [2.75, 3.05) is 23.4 Å². The van der Waals surface area contributed by atoms with E-state index in [0.29, 0.717) is 11.9 Å². The molecule has 1 saturated heterocycles. The van der Waals surface area contributed by atoms with E-state index in [1.807, 2.05) is 24.4 Å². The standard InChI is InChI=1S/C15H19N3O2S/c19-15(11-21-10-12-5-2-4-8-20-12)17-13-9-16-18-7-3-1-6-14(13)18/h1,3,6-7,9,12H,2,4-5,8,10-11H2,(H,17,19). The van der Waals surface area contributed by atoms with Crippen molar-refractivity contribution in [1.82, 2.24) is 9.61 Å². The number of amides is 1. The van der Waals surface area contributed by atoms with E-state index < -0.39 is 0 Å². The van der Waals surface area contributed by atoms with Crippen molar-refractivity contribution in [3.63, 3.8) is 0 Å². The molecule has 0 radical (unpaired) electrons. The van der Waals surface area contributed by atoms with Gasteiger partial charge in [-0.1, -0.05) is 6.07 Å². The Bertz CT molecular complexity index is 608. The number of pyridine rings is 1. The Labute approximate surface area is 128 Å². The van der Waals surface area contributed by atoms with Gasteiger partial charge in [0.25, 0.3) is 0 Å². The van der Waals surface area contributed by atoms with Crippen LogP contribution in [0.4, 0.5) is 5.69 Å². The van der Waals surface area contributed by atoms with Gasteiger partial charge >= 0.3 is 0 Å². The number of nitrogens with one attached hydrogen (secondary N) is 1. The number of ether oxygens (including phenoxy) is 1. The van der Waals surface area contributed by atoms with Crippen molar-refractivity contribution < 1.29 is 9.53 Å². The first-order valence-electron chi connectivity index (χ1n) is 7.24. The van der Waals surface area contributed by atoms with Crippen LogP contribution in [0.2, 0.25) is 0 Å². The van der Waals surface area contributed by atoms with Crippen LogP contribution in [-0.2, 0) is 9.53 Å². The lowest BCUT2D eigenvalue weighted by Gasteiger charge is -2.21. The number of carbonyl (C=O) groups excluding carboxylic acids is 1. The summed E-state index contributed by atoms with van der Waals surface area (Å²) in [5, 5.41) is 7.12. The van der Waals surface area contributed by atoms with Crippen LogP contribution in [0, 0.1) is 0 Å². The van der Waals surface area contributed by atoms with Crippen LogP contribution in [0.1, 0.15) is 19.3 Å². The lowest BCUT2D eigenvalue weighted by molar-refractivity contribution is -0.113. The van der Waals surface area contributed by atoms with Gasteiger partial charge in [-0.25, -0.2) is 4.52 Å². The van der Waals surface area contributed by atoms with Gasteiger partial charge in [0, 0.05) is 18.6 Å². The number of anilines is 1. The molecule has 3 heterocycles. The molecule has 2 aromatic heterocycles. The maximum atomic E-state index is 12.0. The highest BCUT2D eigenvalue weighted by Crippen LogP contribution is 2.19. The van der Waals surface area contributed by atoms with Crippen LogP contribution in [0.25, 0.3) is 5.52 Å². The number of thioether (sulfide) groups is 1. The normalized spacial score (nSPS) is 18.8. The van der Waals surface area contributed by atoms with E-state index in [2.05, 4.69) is 10.4 Å². The molecule has 1 fully saturated rings. The highest BCUT2D eigenvalue weighted by atomic mass is 32.2. The molecule has 2 aromatic rings. The minimum absolute atomic E-state index is 0.00885. The van der Waals surface area contributed by atoms with Gasteiger partial charge in [-0.15, -0.1) is 11.8 Å². The summed E-state index contributed by atoms with van der Waals surface area (Å²) in [6, 6.07) is 5.78. The second-order valence-corrected chi connectivity index (χ2v) is 6.17.